The van der Waals surface area contributed by atoms with Crippen molar-refractivity contribution in [1.82, 2.24) is 15.0 Å². The molecule has 3 aromatic rings. The van der Waals surface area contributed by atoms with Crippen LogP contribution in [0.1, 0.15) is 17.8 Å². The first-order valence-electron chi connectivity index (χ1n) is 10.5. The normalized spacial score (nSPS) is 15.3. The highest BCUT2D eigenvalue weighted by Crippen LogP contribution is 2.35. The molecule has 0 aliphatic carbocycles. The number of carbonyl (C=O) groups is 2. The molecule has 1 aliphatic rings. The zero-order valence-electron chi connectivity index (χ0n) is 18.6. The lowest BCUT2D eigenvalue weighted by Gasteiger charge is -2.19. The number of carbonyl (C=O) groups excluding carboxylic acids is 2. The summed E-state index contributed by atoms with van der Waals surface area (Å²) in [6.45, 7) is 1.92. The lowest BCUT2D eigenvalue weighted by atomic mass is 10.1. The number of nitrogens with two attached hydrogens (primary N) is 1. The monoisotopic (exact) mass is 482 g/mol. The number of halogens is 1. The van der Waals surface area contributed by atoms with Crippen LogP contribution in [0, 0.1) is 12.8 Å². The third kappa shape index (κ3) is 5.34. The Morgan fingerprint density at radius 2 is 1.97 bits per heavy atom. The van der Waals surface area contributed by atoms with E-state index in [0.717, 1.165) is 11.3 Å². The molecule has 1 amide bonds. The quantitative estimate of drug-likeness (QED) is 0.486. The van der Waals surface area contributed by atoms with Gasteiger partial charge in [0.25, 0.3) is 0 Å². The Morgan fingerprint density at radius 3 is 2.71 bits per heavy atom. The number of esters is 1. The third-order valence-corrected chi connectivity index (χ3v) is 5.48. The number of benzene rings is 2. The fourth-order valence-electron chi connectivity index (χ4n) is 3.55. The predicted molar refractivity (Wildman–Crippen MR) is 127 cm³/mol. The number of hydrogen-bond donors (Lipinski definition) is 2. The van der Waals surface area contributed by atoms with Gasteiger partial charge in [0.05, 0.1) is 18.7 Å². The van der Waals surface area contributed by atoms with E-state index >= 15 is 0 Å². The van der Waals surface area contributed by atoms with Gasteiger partial charge in [-0.1, -0.05) is 29.3 Å². The highest BCUT2D eigenvalue weighted by molar-refractivity contribution is 6.31. The Balaban J connectivity index is 1.40. The molecule has 3 N–H and O–H groups in total. The number of rotatable bonds is 7. The molecule has 176 valence electrons. The highest BCUT2D eigenvalue weighted by atomic mass is 35.5. The second-order valence-electron chi connectivity index (χ2n) is 7.75. The summed E-state index contributed by atoms with van der Waals surface area (Å²) in [5.41, 5.74) is 8.19. The number of aromatic nitrogens is 3. The Labute approximate surface area is 201 Å². The van der Waals surface area contributed by atoms with Gasteiger partial charge < -0.3 is 25.4 Å². The van der Waals surface area contributed by atoms with Crippen molar-refractivity contribution in [2.45, 2.75) is 20.0 Å². The van der Waals surface area contributed by atoms with Crippen LogP contribution >= 0.6 is 11.6 Å². The minimum absolute atomic E-state index is 0.00801. The number of ether oxygens (including phenoxy) is 2. The van der Waals surface area contributed by atoms with Crippen molar-refractivity contribution in [2.24, 2.45) is 5.92 Å². The van der Waals surface area contributed by atoms with Gasteiger partial charge in [-0.2, -0.15) is 15.0 Å². The van der Waals surface area contributed by atoms with Gasteiger partial charge in [0, 0.05) is 23.7 Å². The summed E-state index contributed by atoms with van der Waals surface area (Å²) in [6.07, 6.45) is 0.00801. The number of nitrogens with one attached hydrogen (secondary N) is 1. The van der Waals surface area contributed by atoms with Crippen LogP contribution < -0.4 is 20.7 Å². The SMILES string of the molecule is COc1ccc(Cl)cc1N1CC(C(=O)OCc2nc(N)nc(Nc3ccc(C)cc3)n2)CC1=O. The Morgan fingerprint density at radius 1 is 1.21 bits per heavy atom. The second-order valence-corrected chi connectivity index (χ2v) is 8.19. The van der Waals surface area contributed by atoms with E-state index in [1.54, 1.807) is 18.2 Å². The van der Waals surface area contributed by atoms with E-state index in [-0.39, 0.29) is 43.2 Å². The fraction of sp³-hybridized carbons (Fsp3) is 0.261. The molecule has 1 aromatic heterocycles. The average molecular weight is 483 g/mol. The maximum Gasteiger partial charge on any atom is 0.311 e. The minimum Gasteiger partial charge on any atom is -0.495 e. The van der Waals surface area contributed by atoms with E-state index < -0.39 is 11.9 Å². The molecule has 4 rings (SSSR count). The zero-order chi connectivity index (χ0) is 24.2. The second kappa shape index (κ2) is 9.92. The number of aryl methyl sites for hydroxylation is 1. The van der Waals surface area contributed by atoms with E-state index in [1.807, 2.05) is 31.2 Å². The van der Waals surface area contributed by atoms with Crippen LogP contribution in [-0.2, 0) is 20.9 Å². The first-order chi connectivity index (χ1) is 16.3. The molecular weight excluding hydrogens is 460 g/mol. The minimum atomic E-state index is -0.652. The number of amides is 1. The number of nitrogens with zero attached hydrogens (tertiary/aromatic N) is 4. The van der Waals surface area contributed by atoms with Crippen LogP contribution in [0.2, 0.25) is 5.02 Å². The molecule has 1 unspecified atom stereocenters. The van der Waals surface area contributed by atoms with Gasteiger partial charge in [-0.3, -0.25) is 9.59 Å². The lowest BCUT2D eigenvalue weighted by molar-refractivity contribution is -0.149. The van der Waals surface area contributed by atoms with Crippen molar-refractivity contribution < 1.29 is 19.1 Å². The van der Waals surface area contributed by atoms with Crippen LogP contribution in [0.25, 0.3) is 0 Å². The molecule has 1 saturated heterocycles. The number of nitrogen functional groups attached to an aromatic ring is 1. The summed E-state index contributed by atoms with van der Waals surface area (Å²) >= 11 is 6.08. The Kier molecular flexibility index (Phi) is 6.78. The Hall–Kier alpha value is -3.92. The summed E-state index contributed by atoms with van der Waals surface area (Å²) in [4.78, 5) is 39.1. The van der Waals surface area contributed by atoms with Gasteiger partial charge in [0.15, 0.2) is 12.4 Å². The van der Waals surface area contributed by atoms with Gasteiger partial charge in [-0.15, -0.1) is 0 Å². The van der Waals surface area contributed by atoms with E-state index in [4.69, 9.17) is 26.8 Å². The fourth-order valence-corrected chi connectivity index (χ4v) is 3.72. The molecule has 1 fully saturated rings. The first kappa shape index (κ1) is 23.2. The molecule has 1 aliphatic heterocycles. The summed E-state index contributed by atoms with van der Waals surface area (Å²) in [5.74, 6) is -0.515. The van der Waals surface area contributed by atoms with Crippen molar-refractivity contribution >= 4 is 46.7 Å². The summed E-state index contributed by atoms with van der Waals surface area (Å²) in [5, 5.41) is 3.50. The molecule has 34 heavy (non-hydrogen) atoms. The standard InChI is InChI=1S/C23H23ClN6O4/c1-13-3-6-16(7-4-13)26-23-28-19(27-22(25)29-23)12-34-21(32)14-9-20(31)30(11-14)17-10-15(24)5-8-18(17)33-2/h3-8,10,14H,9,11-12H2,1-2H3,(H3,25,26,27,28,29). The van der Waals surface area contributed by atoms with Crippen LogP contribution in [0.15, 0.2) is 42.5 Å². The van der Waals surface area contributed by atoms with Crippen molar-refractivity contribution in [1.29, 1.82) is 0 Å². The average Bonchev–Trinajstić information content (AvgIpc) is 3.20. The van der Waals surface area contributed by atoms with E-state index in [1.165, 1.54) is 12.0 Å². The van der Waals surface area contributed by atoms with Crippen molar-refractivity contribution in [2.75, 3.05) is 29.6 Å². The molecule has 2 heterocycles. The smallest absolute Gasteiger partial charge is 0.311 e. The molecule has 0 spiro atoms. The first-order valence-corrected chi connectivity index (χ1v) is 10.8. The third-order valence-electron chi connectivity index (χ3n) is 5.24. The topological polar surface area (TPSA) is 133 Å². The van der Waals surface area contributed by atoms with E-state index in [2.05, 4.69) is 20.3 Å². The number of hydrogen-bond acceptors (Lipinski definition) is 9. The zero-order valence-corrected chi connectivity index (χ0v) is 19.4. The lowest BCUT2D eigenvalue weighted by Crippen LogP contribution is -2.27. The van der Waals surface area contributed by atoms with Crippen LogP contribution in [0.5, 0.6) is 5.75 Å². The van der Waals surface area contributed by atoms with Crippen molar-refractivity contribution in [3.63, 3.8) is 0 Å². The van der Waals surface area contributed by atoms with Crippen LogP contribution in [-0.4, -0.2) is 40.5 Å². The number of anilines is 4. The molecular formula is C23H23ClN6O4. The Bertz CT molecular complexity index is 1220. The molecule has 1 atom stereocenters. The van der Waals surface area contributed by atoms with Crippen molar-refractivity contribution in [3.8, 4) is 5.75 Å². The van der Waals surface area contributed by atoms with E-state index in [0.29, 0.717) is 16.5 Å². The molecule has 2 aromatic carbocycles. The maximum atomic E-state index is 12.7. The summed E-state index contributed by atoms with van der Waals surface area (Å²) < 4.78 is 10.7. The maximum absolute atomic E-state index is 12.7. The summed E-state index contributed by atoms with van der Waals surface area (Å²) in [6, 6.07) is 12.6. The highest BCUT2D eigenvalue weighted by Gasteiger charge is 2.37. The van der Waals surface area contributed by atoms with Crippen molar-refractivity contribution in [3.05, 3.63) is 58.9 Å². The molecule has 10 nitrogen and oxygen atoms in total. The molecule has 11 heteroatoms. The largest absolute Gasteiger partial charge is 0.495 e. The summed E-state index contributed by atoms with van der Waals surface area (Å²) in [7, 11) is 1.50. The van der Waals surface area contributed by atoms with Gasteiger partial charge in [-0.25, -0.2) is 0 Å². The molecule has 0 radical (unpaired) electrons. The van der Waals surface area contributed by atoms with Gasteiger partial charge >= 0.3 is 5.97 Å². The predicted octanol–water partition coefficient (Wildman–Crippen LogP) is 3.26. The van der Waals surface area contributed by atoms with Crippen LogP contribution in [0.4, 0.5) is 23.3 Å². The van der Waals surface area contributed by atoms with Gasteiger partial charge in [-0.05, 0) is 37.3 Å². The van der Waals surface area contributed by atoms with Crippen LogP contribution in [0.3, 0.4) is 0 Å². The molecule has 0 bridgehead atoms. The van der Waals surface area contributed by atoms with E-state index in [9.17, 15) is 9.59 Å². The molecule has 0 saturated carbocycles. The van der Waals surface area contributed by atoms with Gasteiger partial charge in [0.1, 0.15) is 5.75 Å². The van der Waals surface area contributed by atoms with Gasteiger partial charge in [0.2, 0.25) is 17.8 Å². The number of methoxy groups -OCH3 is 1.